The predicted molar refractivity (Wildman–Crippen MR) is 157 cm³/mol. The van der Waals surface area contributed by atoms with E-state index in [2.05, 4.69) is 0 Å². The Bertz CT molecular complexity index is 1150. The highest BCUT2D eigenvalue weighted by Gasteiger charge is 2.61. The molecule has 0 N–H and O–H groups in total. The molecule has 8 nitrogen and oxygen atoms in total. The lowest BCUT2D eigenvalue weighted by atomic mass is 9.71. The third-order valence-corrected chi connectivity index (χ3v) is 7.58. The molecular formula is C33H44N2O6. The average molecular weight is 565 g/mol. The van der Waals surface area contributed by atoms with Gasteiger partial charge in [0.25, 0.3) is 0 Å². The largest absolute Gasteiger partial charge is 0.458 e. The second-order valence-corrected chi connectivity index (χ2v) is 11.5. The molecule has 3 amide bonds. The van der Waals surface area contributed by atoms with Gasteiger partial charge >= 0.3 is 5.97 Å². The maximum atomic E-state index is 14.0. The molecule has 2 aromatic carbocycles. The molecule has 0 bridgehead atoms. The number of amides is 3. The number of esters is 1. The van der Waals surface area contributed by atoms with Gasteiger partial charge in [0.15, 0.2) is 6.23 Å². The number of rotatable bonds is 13. The summed E-state index contributed by atoms with van der Waals surface area (Å²) in [7, 11) is 0. The first kappa shape index (κ1) is 32.0. The summed E-state index contributed by atoms with van der Waals surface area (Å²) in [6.07, 6.45) is 0.767. The summed E-state index contributed by atoms with van der Waals surface area (Å²) in [4.78, 5) is 55.9. The van der Waals surface area contributed by atoms with Crippen LogP contribution in [0.2, 0.25) is 0 Å². The third-order valence-electron chi connectivity index (χ3n) is 7.58. The Balaban J connectivity index is 1.77. The number of imide groups is 1. The summed E-state index contributed by atoms with van der Waals surface area (Å²) in [5.41, 5.74) is 0.202. The number of ether oxygens (including phenoxy) is 2. The summed E-state index contributed by atoms with van der Waals surface area (Å²) < 4.78 is 11.2. The number of nitrogens with zero attached hydrogens (tertiary/aromatic N) is 2. The summed E-state index contributed by atoms with van der Waals surface area (Å²) in [5.74, 6) is -1.89. The molecule has 1 aliphatic rings. The Morgan fingerprint density at radius 1 is 0.902 bits per heavy atom. The molecule has 0 radical (unpaired) electrons. The van der Waals surface area contributed by atoms with Crippen LogP contribution < -0.4 is 0 Å². The van der Waals surface area contributed by atoms with E-state index < -0.39 is 35.0 Å². The van der Waals surface area contributed by atoms with Crippen molar-refractivity contribution in [3.05, 3.63) is 71.8 Å². The van der Waals surface area contributed by atoms with Crippen LogP contribution in [0.3, 0.4) is 0 Å². The van der Waals surface area contributed by atoms with Gasteiger partial charge in [-0.05, 0) is 51.2 Å². The molecule has 0 aliphatic carbocycles. The summed E-state index contributed by atoms with van der Waals surface area (Å²) in [6.45, 7) is 11.3. The van der Waals surface area contributed by atoms with Crippen molar-refractivity contribution in [2.75, 3.05) is 19.7 Å². The third kappa shape index (κ3) is 7.41. The fraction of sp³-hybridized carbons (Fsp3) is 0.515. The Morgan fingerprint density at radius 2 is 1.44 bits per heavy atom. The summed E-state index contributed by atoms with van der Waals surface area (Å²) in [6, 6.07) is 19.2. The van der Waals surface area contributed by atoms with Crippen LogP contribution >= 0.6 is 0 Å². The highest BCUT2D eigenvalue weighted by Crippen LogP contribution is 2.46. The van der Waals surface area contributed by atoms with Gasteiger partial charge in [-0.2, -0.15) is 0 Å². The van der Waals surface area contributed by atoms with Crippen molar-refractivity contribution in [1.29, 1.82) is 0 Å². The molecule has 8 heteroatoms. The van der Waals surface area contributed by atoms with Gasteiger partial charge in [0, 0.05) is 19.5 Å². The number of likely N-dealkylation sites (tertiary alicyclic amines) is 1. The molecule has 2 aromatic rings. The van der Waals surface area contributed by atoms with Gasteiger partial charge in [0.1, 0.15) is 12.2 Å². The molecule has 0 saturated carbocycles. The number of benzene rings is 2. The molecule has 222 valence electrons. The monoisotopic (exact) mass is 564 g/mol. The number of β-lactam (4-membered cyclic amide) rings is 1. The van der Waals surface area contributed by atoms with E-state index >= 15 is 0 Å². The first-order chi connectivity index (χ1) is 19.5. The second kappa shape index (κ2) is 13.9. The lowest BCUT2D eigenvalue weighted by Crippen LogP contribution is -2.71. The minimum absolute atomic E-state index is 0.0381. The molecule has 0 aromatic heterocycles. The summed E-state index contributed by atoms with van der Waals surface area (Å²) in [5, 5.41) is 0. The minimum Gasteiger partial charge on any atom is -0.458 e. The normalized spacial score (nSPS) is 16.3. The van der Waals surface area contributed by atoms with Crippen molar-refractivity contribution in [2.45, 2.75) is 85.0 Å². The molecule has 0 spiro atoms. The molecule has 1 saturated heterocycles. The van der Waals surface area contributed by atoms with E-state index in [9.17, 15) is 19.2 Å². The van der Waals surface area contributed by atoms with Crippen molar-refractivity contribution < 1.29 is 28.7 Å². The highest BCUT2D eigenvalue weighted by molar-refractivity contribution is 6.04. The fourth-order valence-electron chi connectivity index (χ4n) is 5.44. The van der Waals surface area contributed by atoms with Crippen molar-refractivity contribution in [2.24, 2.45) is 5.41 Å². The molecule has 1 fully saturated rings. The Hall–Kier alpha value is -3.52. The fourth-order valence-corrected chi connectivity index (χ4v) is 5.44. The van der Waals surface area contributed by atoms with Gasteiger partial charge in [-0.25, -0.2) is 4.79 Å². The highest BCUT2D eigenvalue weighted by atomic mass is 16.6. The van der Waals surface area contributed by atoms with Gasteiger partial charge in [-0.1, -0.05) is 81.4 Å². The standard InChI is InChI=1S/C33H44N2O6/c1-7-21-34(29(38)28(24-16-12-10-13-17-24)25-18-14-11-15-19-25)22-20-26(36)35-30(39)33(8-2,9-3)31(35)40-23-27(37)41-32(4,5)6/h10-19,28,31H,7-9,20-23H2,1-6H3. The molecular weight excluding hydrogens is 520 g/mol. The number of hydrogen-bond donors (Lipinski definition) is 0. The zero-order chi connectivity index (χ0) is 30.2. The average Bonchev–Trinajstić information content (AvgIpc) is 2.94. The second-order valence-electron chi connectivity index (χ2n) is 11.5. The maximum absolute atomic E-state index is 14.0. The number of carbonyl (C=O) groups excluding carboxylic acids is 4. The molecule has 1 aliphatic heterocycles. The van der Waals surface area contributed by atoms with E-state index in [1.165, 1.54) is 0 Å². The molecule has 1 unspecified atom stereocenters. The van der Waals surface area contributed by atoms with E-state index in [1.807, 2.05) is 81.4 Å². The van der Waals surface area contributed by atoms with Crippen LogP contribution in [0.15, 0.2) is 60.7 Å². The van der Waals surface area contributed by atoms with Gasteiger partial charge < -0.3 is 14.4 Å². The molecule has 1 heterocycles. The van der Waals surface area contributed by atoms with Crippen molar-refractivity contribution >= 4 is 23.7 Å². The van der Waals surface area contributed by atoms with E-state index in [0.717, 1.165) is 22.4 Å². The van der Waals surface area contributed by atoms with Crippen LogP contribution in [-0.4, -0.2) is 65.0 Å². The lowest BCUT2D eigenvalue weighted by molar-refractivity contribution is -0.226. The summed E-state index contributed by atoms with van der Waals surface area (Å²) >= 11 is 0. The minimum atomic E-state index is -0.873. The van der Waals surface area contributed by atoms with Crippen LogP contribution in [-0.2, 0) is 28.7 Å². The quantitative estimate of drug-likeness (QED) is 0.242. The van der Waals surface area contributed by atoms with Crippen LogP contribution in [0.25, 0.3) is 0 Å². The zero-order valence-electron chi connectivity index (χ0n) is 25.2. The first-order valence-corrected chi connectivity index (χ1v) is 14.6. The molecule has 3 rings (SSSR count). The van der Waals surface area contributed by atoms with E-state index in [0.29, 0.717) is 19.4 Å². The van der Waals surface area contributed by atoms with Crippen molar-refractivity contribution in [1.82, 2.24) is 9.80 Å². The van der Waals surface area contributed by atoms with Gasteiger partial charge in [0.05, 0.1) is 11.3 Å². The van der Waals surface area contributed by atoms with Crippen LogP contribution in [0.4, 0.5) is 0 Å². The number of carbonyl (C=O) groups is 4. The smallest absolute Gasteiger partial charge is 0.332 e. The first-order valence-electron chi connectivity index (χ1n) is 14.6. The van der Waals surface area contributed by atoms with E-state index in [4.69, 9.17) is 9.47 Å². The zero-order valence-corrected chi connectivity index (χ0v) is 25.2. The van der Waals surface area contributed by atoms with E-state index in [-0.39, 0.29) is 31.4 Å². The molecule has 41 heavy (non-hydrogen) atoms. The predicted octanol–water partition coefficient (Wildman–Crippen LogP) is 5.31. The Labute approximate surface area is 244 Å². The Morgan fingerprint density at radius 3 is 1.90 bits per heavy atom. The van der Waals surface area contributed by atoms with Crippen molar-refractivity contribution in [3.8, 4) is 0 Å². The lowest BCUT2D eigenvalue weighted by Gasteiger charge is -2.53. The molecule has 1 atom stereocenters. The number of hydrogen-bond acceptors (Lipinski definition) is 6. The van der Waals surface area contributed by atoms with Gasteiger partial charge in [-0.15, -0.1) is 0 Å². The SMILES string of the molecule is CCCN(CCC(=O)N1C(=O)C(CC)(CC)C1OCC(=O)OC(C)(C)C)C(=O)C(c1ccccc1)c1ccccc1. The Kier molecular flexibility index (Phi) is 10.8. The van der Waals surface area contributed by atoms with Gasteiger partial charge in [0.2, 0.25) is 17.7 Å². The van der Waals surface area contributed by atoms with Crippen LogP contribution in [0.1, 0.15) is 84.3 Å². The van der Waals surface area contributed by atoms with Gasteiger partial charge in [-0.3, -0.25) is 19.3 Å². The maximum Gasteiger partial charge on any atom is 0.332 e. The van der Waals surface area contributed by atoms with E-state index in [1.54, 1.807) is 25.7 Å². The topological polar surface area (TPSA) is 93.2 Å². The van der Waals surface area contributed by atoms with Crippen LogP contribution in [0.5, 0.6) is 0 Å². The van der Waals surface area contributed by atoms with Crippen molar-refractivity contribution in [3.63, 3.8) is 0 Å². The van der Waals surface area contributed by atoms with Crippen LogP contribution in [0, 0.1) is 5.41 Å².